The number of aromatic nitrogens is 1. The van der Waals surface area contributed by atoms with E-state index in [1.54, 1.807) is 0 Å². The first-order valence-electron chi connectivity index (χ1n) is 10.3. The second-order valence-corrected chi connectivity index (χ2v) is 8.51. The number of hydrogen-bond donors (Lipinski definition) is 1. The second-order valence-electron chi connectivity index (χ2n) is 8.07. The van der Waals surface area contributed by atoms with Crippen molar-refractivity contribution in [2.24, 2.45) is 5.92 Å². The quantitative estimate of drug-likeness (QED) is 0.796. The van der Waals surface area contributed by atoms with Crippen LogP contribution in [0.5, 0.6) is 0 Å². The molecule has 1 aliphatic carbocycles. The predicted octanol–water partition coefficient (Wildman–Crippen LogP) is 4.57. The number of halogens is 1. The van der Waals surface area contributed by atoms with E-state index in [1.165, 1.54) is 12.8 Å². The van der Waals surface area contributed by atoms with Crippen molar-refractivity contribution in [3.8, 4) is 11.5 Å². The Morgan fingerprint density at radius 2 is 1.86 bits per heavy atom. The van der Waals surface area contributed by atoms with E-state index in [1.807, 2.05) is 31.2 Å². The van der Waals surface area contributed by atoms with Gasteiger partial charge in [-0.2, -0.15) is 0 Å². The van der Waals surface area contributed by atoms with Gasteiger partial charge < -0.3 is 9.73 Å². The molecule has 0 unspecified atom stereocenters. The lowest BCUT2D eigenvalue weighted by molar-refractivity contribution is -0.127. The van der Waals surface area contributed by atoms with Crippen LogP contribution in [0.2, 0.25) is 5.02 Å². The van der Waals surface area contributed by atoms with Crippen LogP contribution in [0.25, 0.3) is 11.5 Å². The highest BCUT2D eigenvalue weighted by atomic mass is 35.5. The van der Waals surface area contributed by atoms with Gasteiger partial charge in [0.15, 0.2) is 0 Å². The van der Waals surface area contributed by atoms with Gasteiger partial charge in [0.1, 0.15) is 5.76 Å². The number of benzene rings is 1. The number of nitrogens with one attached hydrogen (secondary N) is 1. The number of oxazole rings is 1. The van der Waals surface area contributed by atoms with Crippen LogP contribution in [-0.4, -0.2) is 34.9 Å². The number of hydrogen-bond acceptors (Lipinski definition) is 4. The molecule has 0 atom stereocenters. The van der Waals surface area contributed by atoms with E-state index >= 15 is 0 Å². The third-order valence-electron chi connectivity index (χ3n) is 6.02. The largest absolute Gasteiger partial charge is 0.441 e. The summed E-state index contributed by atoms with van der Waals surface area (Å²) in [4.78, 5) is 19.6. The Morgan fingerprint density at radius 1 is 1.18 bits per heavy atom. The highest BCUT2D eigenvalue weighted by molar-refractivity contribution is 6.30. The summed E-state index contributed by atoms with van der Waals surface area (Å²) in [6.07, 6.45) is 6.62. The van der Waals surface area contributed by atoms with Crippen LogP contribution in [0.15, 0.2) is 28.7 Å². The summed E-state index contributed by atoms with van der Waals surface area (Å²) in [5.74, 6) is 1.90. The summed E-state index contributed by atoms with van der Waals surface area (Å²) in [7, 11) is 0. The van der Waals surface area contributed by atoms with Crippen LogP contribution in [-0.2, 0) is 11.3 Å². The van der Waals surface area contributed by atoms with Crippen LogP contribution in [0.3, 0.4) is 0 Å². The van der Waals surface area contributed by atoms with Gasteiger partial charge in [0.2, 0.25) is 11.8 Å². The topological polar surface area (TPSA) is 58.4 Å². The molecule has 150 valence electrons. The van der Waals surface area contributed by atoms with Crippen molar-refractivity contribution in [3.05, 3.63) is 40.7 Å². The minimum absolute atomic E-state index is 0.153. The molecule has 0 radical (unpaired) electrons. The lowest BCUT2D eigenvalue weighted by Crippen LogP contribution is -2.43. The maximum Gasteiger partial charge on any atom is 0.226 e. The van der Waals surface area contributed by atoms with E-state index in [2.05, 4.69) is 10.2 Å². The molecule has 2 fully saturated rings. The van der Waals surface area contributed by atoms with Gasteiger partial charge in [0.25, 0.3) is 0 Å². The minimum Gasteiger partial charge on any atom is -0.441 e. The average molecular weight is 402 g/mol. The molecule has 1 aliphatic heterocycles. The normalized spacial score (nSPS) is 19.2. The van der Waals surface area contributed by atoms with E-state index in [-0.39, 0.29) is 11.8 Å². The van der Waals surface area contributed by atoms with Gasteiger partial charge in [-0.3, -0.25) is 9.69 Å². The van der Waals surface area contributed by atoms with Crippen molar-refractivity contribution < 1.29 is 9.21 Å². The third-order valence-corrected chi connectivity index (χ3v) is 6.27. The Bertz CT molecular complexity index is 804. The zero-order chi connectivity index (χ0) is 19.5. The molecule has 28 heavy (non-hydrogen) atoms. The van der Waals surface area contributed by atoms with E-state index in [0.29, 0.717) is 17.0 Å². The van der Waals surface area contributed by atoms with Gasteiger partial charge in [0, 0.05) is 29.1 Å². The summed E-state index contributed by atoms with van der Waals surface area (Å²) in [5.41, 5.74) is 1.90. The molecule has 5 nitrogen and oxygen atoms in total. The SMILES string of the molecule is Cc1oc(-c2ccc(Cl)cc2)nc1CN1CCC(C(=O)NC2CCCC2)CC1. The summed E-state index contributed by atoms with van der Waals surface area (Å²) < 4.78 is 5.87. The third kappa shape index (κ3) is 4.58. The van der Waals surface area contributed by atoms with Crippen molar-refractivity contribution in [1.29, 1.82) is 0 Å². The molecule has 2 aliphatic rings. The van der Waals surface area contributed by atoms with Crippen molar-refractivity contribution in [1.82, 2.24) is 15.2 Å². The molecule has 0 bridgehead atoms. The van der Waals surface area contributed by atoms with Crippen molar-refractivity contribution in [2.45, 2.75) is 58.0 Å². The molecule has 2 aromatic rings. The summed E-state index contributed by atoms with van der Waals surface area (Å²) in [5, 5.41) is 3.95. The first-order chi connectivity index (χ1) is 13.6. The monoisotopic (exact) mass is 401 g/mol. The van der Waals surface area contributed by atoms with Crippen LogP contribution >= 0.6 is 11.6 Å². The number of piperidine rings is 1. The molecule has 4 rings (SSSR count). The van der Waals surface area contributed by atoms with Gasteiger partial charge in [-0.1, -0.05) is 24.4 Å². The maximum atomic E-state index is 12.5. The fourth-order valence-corrected chi connectivity index (χ4v) is 4.37. The number of likely N-dealkylation sites (tertiary alicyclic amines) is 1. The van der Waals surface area contributed by atoms with Crippen LogP contribution < -0.4 is 5.32 Å². The number of nitrogens with zero attached hydrogens (tertiary/aromatic N) is 2. The number of rotatable bonds is 5. The van der Waals surface area contributed by atoms with E-state index < -0.39 is 0 Å². The Morgan fingerprint density at radius 3 is 2.54 bits per heavy atom. The summed E-state index contributed by atoms with van der Waals surface area (Å²) in [6.45, 7) is 4.57. The average Bonchev–Trinajstić information content (AvgIpc) is 3.33. The standard InChI is InChI=1S/C22H28ClN3O2/c1-15-20(25-22(28-15)17-6-8-18(23)9-7-17)14-26-12-10-16(11-13-26)21(27)24-19-4-2-3-5-19/h6-9,16,19H,2-5,10-14H2,1H3,(H,24,27). The molecule has 1 saturated carbocycles. The maximum absolute atomic E-state index is 12.5. The summed E-state index contributed by atoms with van der Waals surface area (Å²) >= 11 is 5.96. The molecule has 2 heterocycles. The first-order valence-corrected chi connectivity index (χ1v) is 10.7. The van der Waals surface area contributed by atoms with E-state index in [4.69, 9.17) is 21.0 Å². The molecule has 1 saturated heterocycles. The van der Waals surface area contributed by atoms with Crippen LogP contribution in [0.4, 0.5) is 0 Å². The Kier molecular flexibility index (Phi) is 6.02. The van der Waals surface area contributed by atoms with Crippen LogP contribution in [0, 0.1) is 12.8 Å². The van der Waals surface area contributed by atoms with Gasteiger partial charge in [-0.15, -0.1) is 0 Å². The molecule has 1 amide bonds. The Balaban J connectivity index is 1.31. The van der Waals surface area contributed by atoms with E-state index in [0.717, 1.165) is 62.3 Å². The lowest BCUT2D eigenvalue weighted by atomic mass is 9.95. The fraction of sp³-hybridized carbons (Fsp3) is 0.545. The molecule has 6 heteroatoms. The molecular formula is C22H28ClN3O2. The molecule has 1 aromatic heterocycles. The van der Waals surface area contributed by atoms with Crippen molar-refractivity contribution >= 4 is 17.5 Å². The Labute approximate surface area is 171 Å². The summed E-state index contributed by atoms with van der Waals surface area (Å²) in [6, 6.07) is 7.95. The predicted molar refractivity (Wildman–Crippen MR) is 110 cm³/mol. The highest BCUT2D eigenvalue weighted by Crippen LogP contribution is 2.26. The second kappa shape index (κ2) is 8.66. The Hall–Kier alpha value is -1.85. The number of amides is 1. The lowest BCUT2D eigenvalue weighted by Gasteiger charge is -2.31. The number of carbonyl (C=O) groups is 1. The molecule has 1 aromatic carbocycles. The van der Waals surface area contributed by atoms with Gasteiger partial charge in [-0.05, 0) is 70.0 Å². The minimum atomic E-state index is 0.153. The first kappa shape index (κ1) is 19.5. The fourth-order valence-electron chi connectivity index (χ4n) is 4.24. The van der Waals surface area contributed by atoms with Gasteiger partial charge in [0.05, 0.1) is 5.69 Å². The molecular weight excluding hydrogens is 374 g/mol. The smallest absolute Gasteiger partial charge is 0.226 e. The molecule has 1 N–H and O–H groups in total. The zero-order valence-electron chi connectivity index (χ0n) is 16.4. The zero-order valence-corrected chi connectivity index (χ0v) is 17.2. The molecule has 0 spiro atoms. The van der Waals surface area contributed by atoms with Crippen molar-refractivity contribution in [3.63, 3.8) is 0 Å². The van der Waals surface area contributed by atoms with Crippen LogP contribution in [0.1, 0.15) is 50.0 Å². The van der Waals surface area contributed by atoms with Crippen molar-refractivity contribution in [2.75, 3.05) is 13.1 Å². The van der Waals surface area contributed by atoms with E-state index in [9.17, 15) is 4.79 Å². The van der Waals surface area contributed by atoms with Gasteiger partial charge in [-0.25, -0.2) is 4.98 Å². The highest BCUT2D eigenvalue weighted by Gasteiger charge is 2.28. The van der Waals surface area contributed by atoms with Gasteiger partial charge >= 0.3 is 0 Å². The number of aryl methyl sites for hydroxylation is 1. The number of carbonyl (C=O) groups excluding carboxylic acids is 1.